The number of methoxy groups -OCH3 is 1. The fraction of sp³-hybridized carbons (Fsp3) is 0.154. The van der Waals surface area contributed by atoms with E-state index in [0.717, 1.165) is 33.5 Å². The maximum Gasteiger partial charge on any atom is 0.136 e. The zero-order valence-electron chi connectivity index (χ0n) is 10.2. The molecule has 0 unspecified atom stereocenters. The molecule has 0 saturated carbocycles. The summed E-state index contributed by atoms with van der Waals surface area (Å²) in [6, 6.07) is 6.07. The van der Waals surface area contributed by atoms with E-state index in [1.54, 1.807) is 13.3 Å². The van der Waals surface area contributed by atoms with Crippen molar-refractivity contribution in [3.8, 4) is 16.9 Å². The summed E-state index contributed by atoms with van der Waals surface area (Å²) >= 11 is 0. The Labute approximate surface area is 104 Å². The molecule has 0 amide bonds. The number of nitrogens with two attached hydrogens (primary N) is 1. The van der Waals surface area contributed by atoms with E-state index in [2.05, 4.69) is 21.2 Å². The van der Waals surface area contributed by atoms with Gasteiger partial charge < -0.3 is 15.5 Å². The number of aromatic nitrogens is 3. The molecule has 0 fully saturated rings. The molecule has 5 heteroatoms. The maximum absolute atomic E-state index is 5.86. The van der Waals surface area contributed by atoms with Gasteiger partial charge in [0, 0.05) is 27.7 Å². The zero-order valence-corrected chi connectivity index (χ0v) is 10.2. The van der Waals surface area contributed by atoms with E-state index in [9.17, 15) is 0 Å². The molecular formula is C13H14N4O. The number of nitrogen functional groups attached to an aromatic ring is 1. The van der Waals surface area contributed by atoms with Crippen molar-refractivity contribution in [2.24, 2.45) is 0 Å². The van der Waals surface area contributed by atoms with Crippen LogP contribution in [0, 0.1) is 6.92 Å². The van der Waals surface area contributed by atoms with Gasteiger partial charge in [-0.15, -0.1) is 0 Å². The fourth-order valence-electron chi connectivity index (χ4n) is 2.26. The van der Waals surface area contributed by atoms with Crippen LogP contribution < -0.4 is 10.5 Å². The van der Waals surface area contributed by atoms with Gasteiger partial charge in [-0.05, 0) is 25.1 Å². The molecule has 2 heterocycles. The highest BCUT2D eigenvalue weighted by atomic mass is 16.5. The van der Waals surface area contributed by atoms with E-state index >= 15 is 0 Å². The van der Waals surface area contributed by atoms with Crippen LogP contribution >= 0.6 is 0 Å². The monoisotopic (exact) mass is 242 g/mol. The van der Waals surface area contributed by atoms with Crippen LogP contribution in [0.3, 0.4) is 0 Å². The Morgan fingerprint density at radius 2 is 2.11 bits per heavy atom. The lowest BCUT2D eigenvalue weighted by Gasteiger charge is -2.08. The maximum atomic E-state index is 5.86. The Bertz CT molecular complexity index is 711. The van der Waals surface area contributed by atoms with Gasteiger partial charge in [0.25, 0.3) is 0 Å². The highest BCUT2D eigenvalue weighted by Crippen LogP contribution is 2.38. The summed E-state index contributed by atoms with van der Waals surface area (Å²) in [5, 5.41) is 7.73. The van der Waals surface area contributed by atoms with Gasteiger partial charge in [-0.25, -0.2) is 0 Å². The molecule has 0 aliphatic rings. The number of nitrogens with one attached hydrogen (secondary N) is 2. The van der Waals surface area contributed by atoms with Gasteiger partial charge in [0.15, 0.2) is 0 Å². The van der Waals surface area contributed by atoms with Crippen LogP contribution in [0.5, 0.6) is 5.75 Å². The number of aromatic amines is 2. The second-order valence-corrected chi connectivity index (χ2v) is 4.26. The topological polar surface area (TPSA) is 79.7 Å². The number of fused-ring (bicyclic) bond motifs is 1. The molecule has 0 saturated heterocycles. The van der Waals surface area contributed by atoms with Crippen molar-refractivity contribution >= 4 is 16.7 Å². The Balaban J connectivity index is 2.33. The first-order valence-electron chi connectivity index (χ1n) is 5.66. The fourth-order valence-corrected chi connectivity index (χ4v) is 2.26. The van der Waals surface area contributed by atoms with E-state index in [-0.39, 0.29) is 0 Å². The van der Waals surface area contributed by atoms with E-state index in [4.69, 9.17) is 10.5 Å². The normalized spacial score (nSPS) is 11.0. The number of ether oxygens (including phenoxy) is 1. The van der Waals surface area contributed by atoms with E-state index in [0.29, 0.717) is 5.82 Å². The molecule has 0 bridgehead atoms. The minimum Gasteiger partial charge on any atom is -0.495 e. The quantitative estimate of drug-likeness (QED) is 0.645. The minimum absolute atomic E-state index is 0.542. The molecular weight excluding hydrogens is 228 g/mol. The van der Waals surface area contributed by atoms with Crippen LogP contribution in [-0.4, -0.2) is 22.3 Å². The number of aryl methyl sites for hydroxylation is 1. The van der Waals surface area contributed by atoms with Gasteiger partial charge in [0.2, 0.25) is 0 Å². The standard InChI is InChI=1S/C13H14N4O/c1-7-5-9-11(16-7)4-3-8(12(9)18-2)10-6-15-17-13(10)14/h3-6,16H,1-2H3,(H3,14,15,17). The molecule has 2 aromatic heterocycles. The van der Waals surface area contributed by atoms with Crippen molar-refractivity contribution in [3.05, 3.63) is 30.1 Å². The van der Waals surface area contributed by atoms with Crippen molar-refractivity contribution < 1.29 is 4.74 Å². The van der Waals surface area contributed by atoms with E-state index in [1.165, 1.54) is 0 Å². The van der Waals surface area contributed by atoms with Gasteiger partial charge in [0.1, 0.15) is 11.6 Å². The lowest BCUT2D eigenvalue weighted by molar-refractivity contribution is 0.421. The third kappa shape index (κ3) is 1.44. The van der Waals surface area contributed by atoms with Gasteiger partial charge >= 0.3 is 0 Å². The highest BCUT2D eigenvalue weighted by molar-refractivity contribution is 5.95. The molecule has 3 aromatic rings. The number of anilines is 1. The van der Waals surface area contributed by atoms with Crippen molar-refractivity contribution in [1.82, 2.24) is 15.2 Å². The van der Waals surface area contributed by atoms with Crippen LogP contribution in [-0.2, 0) is 0 Å². The summed E-state index contributed by atoms with van der Waals surface area (Å²) in [7, 11) is 1.66. The summed E-state index contributed by atoms with van der Waals surface area (Å²) in [5.74, 6) is 1.35. The smallest absolute Gasteiger partial charge is 0.136 e. The summed E-state index contributed by atoms with van der Waals surface area (Å²) in [6.45, 7) is 2.02. The molecule has 1 aromatic carbocycles. The second-order valence-electron chi connectivity index (χ2n) is 4.26. The first-order chi connectivity index (χ1) is 8.70. The average Bonchev–Trinajstić information content (AvgIpc) is 2.92. The SMILES string of the molecule is COc1c(-c2cn[nH]c2N)ccc2[nH]c(C)cc12. The third-order valence-electron chi connectivity index (χ3n) is 3.05. The highest BCUT2D eigenvalue weighted by Gasteiger charge is 2.14. The van der Waals surface area contributed by atoms with Crippen LogP contribution in [0.25, 0.3) is 22.0 Å². The van der Waals surface area contributed by atoms with Crippen molar-refractivity contribution in [2.75, 3.05) is 12.8 Å². The molecule has 0 aliphatic carbocycles. The van der Waals surface area contributed by atoms with Gasteiger partial charge in [-0.2, -0.15) is 5.10 Å². The Kier molecular flexibility index (Phi) is 2.26. The summed E-state index contributed by atoms with van der Waals surface area (Å²) < 4.78 is 5.53. The molecule has 0 atom stereocenters. The molecule has 0 radical (unpaired) electrons. The summed E-state index contributed by atoms with van der Waals surface area (Å²) in [4.78, 5) is 3.29. The zero-order chi connectivity index (χ0) is 12.7. The van der Waals surface area contributed by atoms with Crippen molar-refractivity contribution in [2.45, 2.75) is 6.92 Å². The van der Waals surface area contributed by atoms with Gasteiger partial charge in [-0.1, -0.05) is 0 Å². The van der Waals surface area contributed by atoms with Crippen LogP contribution in [0.1, 0.15) is 5.69 Å². The van der Waals surface area contributed by atoms with Crippen molar-refractivity contribution in [3.63, 3.8) is 0 Å². The molecule has 0 aliphatic heterocycles. The lowest BCUT2D eigenvalue weighted by Crippen LogP contribution is -1.92. The molecule has 5 nitrogen and oxygen atoms in total. The predicted molar refractivity (Wildman–Crippen MR) is 71.6 cm³/mol. The molecule has 3 rings (SSSR count). The van der Waals surface area contributed by atoms with Crippen LogP contribution in [0.4, 0.5) is 5.82 Å². The number of nitrogens with zero attached hydrogens (tertiary/aromatic N) is 1. The van der Waals surface area contributed by atoms with E-state index in [1.807, 2.05) is 19.1 Å². The number of benzene rings is 1. The Morgan fingerprint density at radius 3 is 2.78 bits per heavy atom. The average molecular weight is 242 g/mol. The first-order valence-corrected chi connectivity index (χ1v) is 5.66. The number of hydrogen-bond acceptors (Lipinski definition) is 3. The van der Waals surface area contributed by atoms with Crippen LogP contribution in [0.15, 0.2) is 24.4 Å². The number of hydrogen-bond donors (Lipinski definition) is 3. The summed E-state index contributed by atoms with van der Waals surface area (Å²) in [5.41, 5.74) is 9.81. The van der Waals surface area contributed by atoms with Gasteiger partial charge in [-0.3, -0.25) is 5.10 Å². The third-order valence-corrected chi connectivity index (χ3v) is 3.05. The minimum atomic E-state index is 0.542. The Morgan fingerprint density at radius 1 is 1.28 bits per heavy atom. The lowest BCUT2D eigenvalue weighted by atomic mass is 10.0. The molecule has 18 heavy (non-hydrogen) atoms. The first kappa shape index (κ1) is 10.7. The Hall–Kier alpha value is -2.43. The molecule has 92 valence electrons. The largest absolute Gasteiger partial charge is 0.495 e. The number of H-pyrrole nitrogens is 2. The second kappa shape index (κ2) is 3.80. The van der Waals surface area contributed by atoms with E-state index < -0.39 is 0 Å². The summed E-state index contributed by atoms with van der Waals surface area (Å²) in [6.07, 6.45) is 1.71. The predicted octanol–water partition coefficient (Wildman–Crippen LogP) is 2.46. The number of rotatable bonds is 2. The van der Waals surface area contributed by atoms with Gasteiger partial charge in [0.05, 0.1) is 13.3 Å². The van der Waals surface area contributed by atoms with Crippen LogP contribution in [0.2, 0.25) is 0 Å². The van der Waals surface area contributed by atoms with Crippen molar-refractivity contribution in [1.29, 1.82) is 0 Å². The molecule has 0 spiro atoms. The molecule has 4 N–H and O–H groups in total.